The first-order chi connectivity index (χ1) is 10.2. The van der Waals surface area contributed by atoms with E-state index in [0.29, 0.717) is 6.42 Å². The van der Waals surface area contributed by atoms with E-state index in [4.69, 9.17) is 4.74 Å². The number of unbranched alkanes of at least 4 members (excludes halogenated alkanes) is 2. The minimum atomic E-state index is -0.0411. The molecule has 1 amide bonds. The fourth-order valence-electron chi connectivity index (χ4n) is 2.93. The number of ether oxygens (including phenoxy) is 1. The SMILES string of the molecule is CCCCCOc1ccc(CC2(CC)CCC(=O)N2)cc1. The maximum absolute atomic E-state index is 11.5. The molecule has 1 aromatic rings. The fourth-order valence-corrected chi connectivity index (χ4v) is 2.93. The van der Waals surface area contributed by atoms with Gasteiger partial charge in [0.05, 0.1) is 6.61 Å². The van der Waals surface area contributed by atoms with Crippen molar-refractivity contribution in [2.45, 2.75) is 64.3 Å². The number of rotatable bonds is 8. The minimum Gasteiger partial charge on any atom is -0.494 e. The molecule has 0 aliphatic carbocycles. The largest absolute Gasteiger partial charge is 0.494 e. The zero-order chi connectivity index (χ0) is 15.1. The minimum absolute atomic E-state index is 0.0411. The van der Waals surface area contributed by atoms with E-state index in [1.54, 1.807) is 0 Å². The number of amides is 1. The molecule has 0 bridgehead atoms. The van der Waals surface area contributed by atoms with Crippen LogP contribution in [0.3, 0.4) is 0 Å². The molecule has 1 aliphatic heterocycles. The van der Waals surface area contributed by atoms with E-state index in [1.807, 2.05) is 12.1 Å². The first kappa shape index (κ1) is 15.9. The van der Waals surface area contributed by atoms with Gasteiger partial charge in [-0.15, -0.1) is 0 Å². The molecule has 1 aromatic carbocycles. The summed E-state index contributed by atoms with van der Waals surface area (Å²) >= 11 is 0. The van der Waals surface area contributed by atoms with Crippen LogP contribution in [0.15, 0.2) is 24.3 Å². The van der Waals surface area contributed by atoms with Crippen LogP contribution in [0.4, 0.5) is 0 Å². The molecule has 3 nitrogen and oxygen atoms in total. The van der Waals surface area contributed by atoms with Crippen molar-refractivity contribution in [3.63, 3.8) is 0 Å². The first-order valence-electron chi connectivity index (χ1n) is 8.20. The Kier molecular flexibility index (Phi) is 5.66. The molecule has 1 fully saturated rings. The zero-order valence-corrected chi connectivity index (χ0v) is 13.3. The lowest BCUT2D eigenvalue weighted by Crippen LogP contribution is -2.42. The summed E-state index contributed by atoms with van der Waals surface area (Å²) in [4.78, 5) is 11.5. The Morgan fingerprint density at radius 1 is 1.19 bits per heavy atom. The van der Waals surface area contributed by atoms with Crippen molar-refractivity contribution >= 4 is 5.91 Å². The van der Waals surface area contributed by atoms with E-state index in [0.717, 1.165) is 38.0 Å². The lowest BCUT2D eigenvalue weighted by Gasteiger charge is -2.28. The highest BCUT2D eigenvalue weighted by Crippen LogP contribution is 2.28. The van der Waals surface area contributed by atoms with Gasteiger partial charge in [-0.2, -0.15) is 0 Å². The van der Waals surface area contributed by atoms with Crippen LogP contribution in [0.2, 0.25) is 0 Å². The van der Waals surface area contributed by atoms with Crippen molar-refractivity contribution in [3.05, 3.63) is 29.8 Å². The van der Waals surface area contributed by atoms with Crippen LogP contribution in [0, 0.1) is 0 Å². The molecular weight excluding hydrogens is 262 g/mol. The average Bonchev–Trinajstić information content (AvgIpc) is 2.87. The van der Waals surface area contributed by atoms with Crippen molar-refractivity contribution in [1.29, 1.82) is 0 Å². The number of hydrogen-bond acceptors (Lipinski definition) is 2. The smallest absolute Gasteiger partial charge is 0.220 e. The number of benzene rings is 1. The van der Waals surface area contributed by atoms with Crippen molar-refractivity contribution in [3.8, 4) is 5.75 Å². The predicted octanol–water partition coefficient (Wildman–Crippen LogP) is 3.86. The van der Waals surface area contributed by atoms with Crippen molar-refractivity contribution in [2.75, 3.05) is 6.61 Å². The highest BCUT2D eigenvalue weighted by atomic mass is 16.5. The van der Waals surface area contributed by atoms with Gasteiger partial charge in [0.1, 0.15) is 5.75 Å². The van der Waals surface area contributed by atoms with Crippen molar-refractivity contribution in [1.82, 2.24) is 5.32 Å². The maximum atomic E-state index is 11.5. The lowest BCUT2D eigenvalue weighted by molar-refractivity contribution is -0.119. The van der Waals surface area contributed by atoms with Crippen LogP contribution in [0.1, 0.15) is 57.9 Å². The molecule has 1 heterocycles. The molecule has 0 radical (unpaired) electrons. The molecule has 1 saturated heterocycles. The quantitative estimate of drug-likeness (QED) is 0.738. The summed E-state index contributed by atoms with van der Waals surface area (Å²) < 4.78 is 5.73. The van der Waals surface area contributed by atoms with Crippen LogP contribution >= 0.6 is 0 Å². The normalized spacial score (nSPS) is 21.3. The van der Waals surface area contributed by atoms with Crippen molar-refractivity contribution in [2.24, 2.45) is 0 Å². The van der Waals surface area contributed by atoms with E-state index in [1.165, 1.54) is 18.4 Å². The summed E-state index contributed by atoms with van der Waals surface area (Å²) in [6.45, 7) is 5.14. The van der Waals surface area contributed by atoms with E-state index in [9.17, 15) is 4.79 Å². The molecule has 0 saturated carbocycles. The molecule has 1 atom stereocenters. The third-order valence-electron chi connectivity index (χ3n) is 4.39. The third-order valence-corrected chi connectivity index (χ3v) is 4.39. The Morgan fingerprint density at radius 2 is 1.95 bits per heavy atom. The molecule has 0 spiro atoms. The zero-order valence-electron chi connectivity index (χ0n) is 13.3. The second-order valence-electron chi connectivity index (χ2n) is 6.06. The summed E-state index contributed by atoms with van der Waals surface area (Å²) in [6.07, 6.45) is 7.04. The maximum Gasteiger partial charge on any atom is 0.220 e. The Balaban J connectivity index is 1.88. The molecule has 0 aromatic heterocycles. The van der Waals surface area contributed by atoms with Crippen LogP contribution in [0.25, 0.3) is 0 Å². The number of hydrogen-bond donors (Lipinski definition) is 1. The summed E-state index contributed by atoms with van der Waals surface area (Å²) in [7, 11) is 0. The van der Waals surface area contributed by atoms with Gasteiger partial charge in [-0.05, 0) is 43.4 Å². The first-order valence-corrected chi connectivity index (χ1v) is 8.20. The van der Waals surface area contributed by atoms with Gasteiger partial charge in [-0.1, -0.05) is 38.8 Å². The molecule has 116 valence electrons. The monoisotopic (exact) mass is 289 g/mol. The molecule has 2 rings (SSSR count). The molecule has 1 N–H and O–H groups in total. The van der Waals surface area contributed by atoms with Gasteiger partial charge >= 0.3 is 0 Å². The molecule has 1 unspecified atom stereocenters. The predicted molar refractivity (Wildman–Crippen MR) is 85.6 cm³/mol. The summed E-state index contributed by atoms with van der Waals surface area (Å²) in [6, 6.07) is 8.33. The van der Waals surface area contributed by atoms with E-state index in [-0.39, 0.29) is 11.4 Å². The molecule has 1 aliphatic rings. The van der Waals surface area contributed by atoms with E-state index >= 15 is 0 Å². The van der Waals surface area contributed by atoms with Gasteiger partial charge in [-0.25, -0.2) is 0 Å². The van der Waals surface area contributed by atoms with Crippen molar-refractivity contribution < 1.29 is 9.53 Å². The summed E-state index contributed by atoms with van der Waals surface area (Å²) in [5.41, 5.74) is 1.22. The second-order valence-corrected chi connectivity index (χ2v) is 6.06. The Morgan fingerprint density at radius 3 is 2.52 bits per heavy atom. The van der Waals surface area contributed by atoms with Crippen LogP contribution < -0.4 is 10.1 Å². The van der Waals surface area contributed by atoms with Gasteiger partial charge in [0.2, 0.25) is 5.91 Å². The number of carbonyl (C=O) groups excluding carboxylic acids is 1. The molecule has 21 heavy (non-hydrogen) atoms. The van der Waals surface area contributed by atoms with Gasteiger partial charge in [0.25, 0.3) is 0 Å². The summed E-state index contributed by atoms with van der Waals surface area (Å²) in [5, 5.41) is 3.16. The van der Waals surface area contributed by atoms with Gasteiger partial charge in [0, 0.05) is 12.0 Å². The topological polar surface area (TPSA) is 38.3 Å². The Bertz CT molecular complexity index is 455. The van der Waals surface area contributed by atoms with Crippen LogP contribution in [0.5, 0.6) is 5.75 Å². The Labute approximate surface area is 128 Å². The van der Waals surface area contributed by atoms with E-state index < -0.39 is 0 Å². The Hall–Kier alpha value is -1.51. The third kappa shape index (κ3) is 4.48. The number of nitrogens with one attached hydrogen (secondary N) is 1. The molecular formula is C18H27NO2. The second kappa shape index (κ2) is 7.48. The fraction of sp³-hybridized carbons (Fsp3) is 0.611. The standard InChI is InChI=1S/C18H27NO2/c1-3-5-6-13-21-16-9-7-15(8-10-16)14-18(4-2)12-11-17(20)19-18/h7-10H,3-6,11-14H2,1-2H3,(H,19,20). The average molecular weight is 289 g/mol. The van der Waals surface area contributed by atoms with Crippen LogP contribution in [-0.2, 0) is 11.2 Å². The van der Waals surface area contributed by atoms with Gasteiger partial charge in [0.15, 0.2) is 0 Å². The number of carbonyl (C=O) groups is 1. The van der Waals surface area contributed by atoms with Gasteiger partial charge < -0.3 is 10.1 Å². The summed E-state index contributed by atoms with van der Waals surface area (Å²) in [5.74, 6) is 1.13. The van der Waals surface area contributed by atoms with Crippen LogP contribution in [-0.4, -0.2) is 18.1 Å². The highest BCUT2D eigenvalue weighted by Gasteiger charge is 2.35. The van der Waals surface area contributed by atoms with E-state index in [2.05, 4.69) is 31.3 Å². The molecule has 3 heteroatoms. The highest BCUT2D eigenvalue weighted by molar-refractivity contribution is 5.79. The lowest BCUT2D eigenvalue weighted by atomic mass is 9.87. The van der Waals surface area contributed by atoms with Gasteiger partial charge in [-0.3, -0.25) is 4.79 Å².